The summed E-state index contributed by atoms with van der Waals surface area (Å²) in [5.74, 6) is -0.303. The van der Waals surface area contributed by atoms with Crippen LogP contribution in [0.25, 0.3) is 11.3 Å². The topological polar surface area (TPSA) is 121 Å². The van der Waals surface area contributed by atoms with Crippen LogP contribution in [0.1, 0.15) is 97.5 Å². The number of carbonyl (C=O) groups excluding carboxylic acids is 2. The number of ketones is 1. The molecule has 0 aliphatic heterocycles. The molecule has 3 aliphatic rings. The van der Waals surface area contributed by atoms with E-state index in [1.54, 1.807) is 49.5 Å². The van der Waals surface area contributed by atoms with E-state index in [0.717, 1.165) is 29.3 Å². The number of rotatable bonds is 11. The zero-order valence-electron chi connectivity index (χ0n) is 33.8. The number of nitrogens with one attached hydrogen (secondary N) is 1. The number of ether oxygens (including phenoxy) is 2. The van der Waals surface area contributed by atoms with Gasteiger partial charge in [-0.2, -0.15) is 13.2 Å². The van der Waals surface area contributed by atoms with Gasteiger partial charge in [0, 0.05) is 42.5 Å². The number of alkyl halides is 3. The molecule has 3 N–H and O–H groups in total. The van der Waals surface area contributed by atoms with Gasteiger partial charge < -0.3 is 34.3 Å². The molecule has 4 atom stereocenters. The SMILES string of the molecule is COCCCN(CC1(O)CCC2c3ccc(cc3C(=O)c3ccc(-c4cc(C(F)(F)F)ccc4Cl)o3)CC(O)CCC(C)=CCCC21C)C(=O)Nc1ccc(OC)cc1. The Bertz CT molecular complexity index is 2150. The van der Waals surface area contributed by atoms with Gasteiger partial charge in [0.1, 0.15) is 11.5 Å². The number of allylic oxidation sites excluding steroid dienone is 2. The second kappa shape index (κ2) is 18.3. The summed E-state index contributed by atoms with van der Waals surface area (Å²) in [5.41, 5.74) is 0.243. The second-order valence-corrected chi connectivity index (χ2v) is 16.5. The number of carbonyl (C=O) groups is 2. The predicted molar refractivity (Wildman–Crippen MR) is 221 cm³/mol. The minimum absolute atomic E-state index is 0.00318. The molecule has 0 spiro atoms. The molecule has 4 unspecified atom stereocenters. The summed E-state index contributed by atoms with van der Waals surface area (Å²) in [5, 5.41) is 27.0. The van der Waals surface area contributed by atoms with Crippen molar-refractivity contribution in [3.8, 4) is 17.1 Å². The highest BCUT2D eigenvalue weighted by molar-refractivity contribution is 6.33. The minimum atomic E-state index is -4.61. The molecule has 1 heterocycles. The van der Waals surface area contributed by atoms with E-state index in [9.17, 15) is 33.0 Å². The van der Waals surface area contributed by atoms with Crippen LogP contribution in [0.3, 0.4) is 0 Å². The Morgan fingerprint density at radius 3 is 2.49 bits per heavy atom. The standard InChI is InChI=1S/C46H52ClF3N2O7/c1-29-7-5-21-44(2)38(20-22-45(44,56)28-52(23-6-24-57-3)43(55)51-32-11-14-34(58-4)15-12-32)35-16-9-30(25-33(53)13-8-29)26-36(35)42(54)41-19-18-40(59-41)37-27-31(46(48,49)50)10-17-39(37)47/h7,9-12,14-19,26-27,33,38,53,56H,5-6,8,13,20-25,28H2,1-4H3,(H,51,55). The first-order valence-electron chi connectivity index (χ1n) is 19.9. The lowest BCUT2D eigenvalue weighted by Gasteiger charge is -2.46. The number of hydrogen-bond acceptors (Lipinski definition) is 7. The summed E-state index contributed by atoms with van der Waals surface area (Å²) >= 11 is 6.33. The van der Waals surface area contributed by atoms with E-state index in [1.807, 2.05) is 26.0 Å². The van der Waals surface area contributed by atoms with Crippen LogP contribution in [0.5, 0.6) is 5.75 Å². The van der Waals surface area contributed by atoms with E-state index in [-0.39, 0.29) is 40.6 Å². The van der Waals surface area contributed by atoms with E-state index >= 15 is 0 Å². The van der Waals surface area contributed by atoms with Crippen molar-refractivity contribution in [3.05, 3.63) is 117 Å². The number of nitrogens with zero attached hydrogens (tertiary/aromatic N) is 1. The van der Waals surface area contributed by atoms with Gasteiger partial charge in [-0.15, -0.1) is 0 Å². The number of amides is 2. The van der Waals surface area contributed by atoms with Crippen LogP contribution in [-0.4, -0.2) is 72.5 Å². The van der Waals surface area contributed by atoms with Crippen molar-refractivity contribution < 1.29 is 46.9 Å². The van der Waals surface area contributed by atoms with Crippen molar-refractivity contribution in [1.29, 1.82) is 0 Å². The monoisotopic (exact) mass is 836 g/mol. The van der Waals surface area contributed by atoms with Crippen molar-refractivity contribution in [2.75, 3.05) is 39.2 Å². The van der Waals surface area contributed by atoms with Crippen molar-refractivity contribution in [3.63, 3.8) is 0 Å². The van der Waals surface area contributed by atoms with Gasteiger partial charge in [-0.25, -0.2) is 4.79 Å². The molecule has 1 aromatic heterocycles. The molecule has 0 saturated heterocycles. The maximum absolute atomic E-state index is 14.6. The molecule has 0 radical (unpaired) electrons. The largest absolute Gasteiger partial charge is 0.497 e. The van der Waals surface area contributed by atoms with Crippen LogP contribution in [0.15, 0.2) is 88.9 Å². The first kappa shape index (κ1) is 43.9. The maximum atomic E-state index is 14.6. The van der Waals surface area contributed by atoms with Gasteiger partial charge in [0.05, 0.1) is 35.9 Å². The molecule has 4 aromatic rings. The molecule has 3 aromatic carbocycles. The molecule has 9 nitrogen and oxygen atoms in total. The predicted octanol–water partition coefficient (Wildman–Crippen LogP) is 10.5. The first-order valence-corrected chi connectivity index (χ1v) is 20.3. The highest BCUT2D eigenvalue weighted by Crippen LogP contribution is 2.59. The average molecular weight is 837 g/mol. The van der Waals surface area contributed by atoms with E-state index in [1.165, 1.54) is 12.1 Å². The van der Waals surface area contributed by atoms with Crippen molar-refractivity contribution in [2.45, 2.75) is 89.0 Å². The number of methoxy groups -OCH3 is 2. The van der Waals surface area contributed by atoms with Crippen LogP contribution in [-0.2, 0) is 17.3 Å². The Morgan fingerprint density at radius 2 is 1.78 bits per heavy atom. The molecule has 59 heavy (non-hydrogen) atoms. The number of hydrogen-bond donors (Lipinski definition) is 3. The Morgan fingerprint density at radius 1 is 1.02 bits per heavy atom. The molecule has 2 amide bonds. The Kier molecular flexibility index (Phi) is 13.7. The number of urea groups is 1. The number of anilines is 1. The van der Waals surface area contributed by atoms with Gasteiger partial charge in [0.25, 0.3) is 0 Å². The third-order valence-corrected chi connectivity index (χ3v) is 12.5. The molecule has 1 fully saturated rings. The third kappa shape index (κ3) is 9.89. The van der Waals surface area contributed by atoms with Crippen LogP contribution < -0.4 is 10.1 Å². The molecular formula is C46H52ClF3N2O7. The van der Waals surface area contributed by atoms with Crippen molar-refractivity contribution in [2.24, 2.45) is 5.41 Å². The Labute approximate surface area is 348 Å². The summed E-state index contributed by atoms with van der Waals surface area (Å²) in [6.07, 6.45) is 0.832. The summed E-state index contributed by atoms with van der Waals surface area (Å²) in [6.45, 7) is 4.81. The lowest BCUT2D eigenvalue weighted by atomic mass is 9.64. The quantitative estimate of drug-likeness (QED) is 0.0781. The van der Waals surface area contributed by atoms with Crippen LogP contribution >= 0.6 is 11.6 Å². The highest BCUT2D eigenvalue weighted by atomic mass is 35.5. The summed E-state index contributed by atoms with van der Waals surface area (Å²) in [4.78, 5) is 30.2. The molecule has 13 heteroatoms. The third-order valence-electron chi connectivity index (χ3n) is 12.2. The summed E-state index contributed by atoms with van der Waals surface area (Å²) in [6, 6.07) is 17.9. The Balaban J connectivity index is 1.39. The van der Waals surface area contributed by atoms with E-state index in [4.69, 9.17) is 25.5 Å². The summed E-state index contributed by atoms with van der Waals surface area (Å²) in [7, 11) is 3.16. The highest BCUT2D eigenvalue weighted by Gasteiger charge is 2.57. The number of aliphatic hydroxyl groups excluding tert-OH is 1. The van der Waals surface area contributed by atoms with Gasteiger partial charge in [0.2, 0.25) is 5.78 Å². The van der Waals surface area contributed by atoms with E-state index < -0.39 is 34.6 Å². The first-order chi connectivity index (χ1) is 28.0. The smallest absolute Gasteiger partial charge is 0.416 e. The zero-order valence-corrected chi connectivity index (χ0v) is 34.6. The molecule has 1 saturated carbocycles. The average Bonchev–Trinajstić information content (AvgIpc) is 3.79. The van der Waals surface area contributed by atoms with Crippen molar-refractivity contribution in [1.82, 2.24) is 4.90 Å². The fraction of sp³-hybridized carbons (Fsp3) is 0.435. The normalized spacial score (nSPS) is 22.3. The number of halogens is 4. The zero-order chi connectivity index (χ0) is 42.5. The second-order valence-electron chi connectivity index (χ2n) is 16.1. The van der Waals surface area contributed by atoms with Crippen LogP contribution in [0, 0.1) is 5.41 Å². The molecular weight excluding hydrogens is 785 g/mol. The molecule has 316 valence electrons. The van der Waals surface area contributed by atoms with Gasteiger partial charge in [-0.1, -0.05) is 42.3 Å². The fourth-order valence-corrected chi connectivity index (χ4v) is 8.88. The minimum Gasteiger partial charge on any atom is -0.497 e. The lowest BCUT2D eigenvalue weighted by molar-refractivity contribution is -0.137. The van der Waals surface area contributed by atoms with Crippen molar-refractivity contribution >= 4 is 29.1 Å². The van der Waals surface area contributed by atoms with Gasteiger partial charge in [-0.3, -0.25) is 4.79 Å². The van der Waals surface area contributed by atoms with Gasteiger partial charge in [0.15, 0.2) is 5.76 Å². The van der Waals surface area contributed by atoms with Crippen LogP contribution in [0.4, 0.5) is 23.7 Å². The summed E-state index contributed by atoms with van der Waals surface area (Å²) < 4.78 is 57.5. The number of fused-ring (bicyclic) bond motifs is 8. The van der Waals surface area contributed by atoms with Crippen LogP contribution in [0.2, 0.25) is 5.02 Å². The number of aliphatic hydroxyl groups is 2. The van der Waals surface area contributed by atoms with E-state index in [0.29, 0.717) is 87.1 Å². The molecule has 7 rings (SSSR count). The molecule has 2 bridgehead atoms. The fourth-order valence-electron chi connectivity index (χ4n) is 8.67. The van der Waals surface area contributed by atoms with Gasteiger partial charge >= 0.3 is 12.2 Å². The number of furan rings is 1. The van der Waals surface area contributed by atoms with E-state index in [2.05, 4.69) is 11.4 Å². The Hall–Kier alpha value is -4.62. The van der Waals surface area contributed by atoms with Gasteiger partial charge in [-0.05, 0) is 136 Å². The lowest BCUT2D eigenvalue weighted by Crippen LogP contribution is -2.54. The number of benzene rings is 3. The molecule has 3 aliphatic carbocycles. The maximum Gasteiger partial charge on any atom is 0.416 e.